The molecule has 8 heteroatoms. The second kappa shape index (κ2) is 10.7. The van der Waals surface area contributed by atoms with Crippen LogP contribution in [-0.4, -0.2) is 45.4 Å². The number of benzene rings is 1. The molecule has 0 unspecified atom stereocenters. The lowest BCUT2D eigenvalue weighted by Gasteiger charge is -2.27. The van der Waals surface area contributed by atoms with Crippen molar-refractivity contribution >= 4 is 12.0 Å². The van der Waals surface area contributed by atoms with Crippen LogP contribution in [-0.2, 0) is 17.6 Å². The molecule has 3 N–H and O–H groups in total. The molecule has 33 heavy (non-hydrogen) atoms. The van der Waals surface area contributed by atoms with Crippen LogP contribution >= 0.6 is 0 Å². The Morgan fingerprint density at radius 1 is 1.06 bits per heavy atom. The van der Waals surface area contributed by atoms with Gasteiger partial charge < -0.3 is 20.5 Å². The smallest absolute Gasteiger partial charge is 0.407 e. The molecule has 0 spiro atoms. The number of hydrogen-bond donors (Lipinski definition) is 3. The van der Waals surface area contributed by atoms with Crippen LogP contribution in [0.2, 0.25) is 0 Å². The van der Waals surface area contributed by atoms with Crippen molar-refractivity contribution in [2.75, 3.05) is 0 Å². The van der Waals surface area contributed by atoms with Crippen molar-refractivity contribution in [1.29, 1.82) is 0 Å². The van der Waals surface area contributed by atoms with Crippen LogP contribution in [0.1, 0.15) is 63.2 Å². The zero-order valence-corrected chi connectivity index (χ0v) is 20.1. The van der Waals surface area contributed by atoms with Crippen molar-refractivity contribution < 1.29 is 23.8 Å². The number of hydrogen-bond acceptors (Lipinski definition) is 5. The van der Waals surface area contributed by atoms with Gasteiger partial charge in [-0.2, -0.15) is 0 Å². The van der Waals surface area contributed by atoms with Gasteiger partial charge in [-0.15, -0.1) is 0 Å². The van der Waals surface area contributed by atoms with E-state index >= 15 is 0 Å². The minimum Gasteiger partial charge on any atom is -0.444 e. The summed E-state index contributed by atoms with van der Waals surface area (Å²) in [7, 11) is 0. The summed E-state index contributed by atoms with van der Waals surface area (Å²) in [5.41, 5.74) is -0.153. The minimum atomic E-state index is -1.16. The summed E-state index contributed by atoms with van der Waals surface area (Å²) in [5.74, 6) is -0.757. The van der Waals surface area contributed by atoms with E-state index in [4.69, 9.17) is 4.74 Å². The van der Waals surface area contributed by atoms with E-state index in [-0.39, 0.29) is 18.7 Å². The largest absolute Gasteiger partial charge is 0.444 e. The number of halogens is 1. The quantitative estimate of drug-likeness (QED) is 0.585. The first-order valence-corrected chi connectivity index (χ1v) is 10.9. The predicted octanol–water partition coefficient (Wildman–Crippen LogP) is 3.79. The van der Waals surface area contributed by atoms with E-state index in [1.807, 2.05) is 20.8 Å². The first kappa shape index (κ1) is 26.3. The number of aliphatic hydroxyl groups excluding tert-OH is 1. The molecule has 0 aliphatic rings. The lowest BCUT2D eigenvalue weighted by Crippen LogP contribution is -2.48. The fourth-order valence-electron chi connectivity index (χ4n) is 3.20. The molecule has 0 bridgehead atoms. The van der Waals surface area contributed by atoms with Crippen molar-refractivity contribution in [3.8, 4) is 0 Å². The number of alkyl carbamates (subject to hydrolysis) is 1. The van der Waals surface area contributed by atoms with Crippen molar-refractivity contribution in [1.82, 2.24) is 15.6 Å². The Kier molecular flexibility index (Phi) is 8.55. The Morgan fingerprint density at radius 3 is 2.33 bits per heavy atom. The molecule has 7 nitrogen and oxygen atoms in total. The summed E-state index contributed by atoms with van der Waals surface area (Å²) < 4.78 is 19.6. The normalized spacial score (nSPS) is 13.7. The predicted molar refractivity (Wildman–Crippen MR) is 124 cm³/mol. The number of aliphatic hydroxyl groups is 1. The Balaban J connectivity index is 2.27. The molecule has 1 heterocycles. The highest BCUT2D eigenvalue weighted by Crippen LogP contribution is 2.17. The Hall–Kier alpha value is -3.00. The SMILES string of the molecule is CC(C)(C)NC(=O)c1cccnc1C[C@@H](O)[C@@H](Cc1ccccc1F)NC(=O)OC(C)(C)C. The van der Waals surface area contributed by atoms with Gasteiger partial charge in [0, 0.05) is 18.2 Å². The van der Waals surface area contributed by atoms with Crippen molar-refractivity contribution in [2.45, 2.75) is 77.7 Å². The first-order valence-electron chi connectivity index (χ1n) is 10.9. The van der Waals surface area contributed by atoms with Crippen molar-refractivity contribution in [3.05, 3.63) is 65.2 Å². The van der Waals surface area contributed by atoms with Crippen LogP contribution in [0, 0.1) is 5.82 Å². The molecule has 0 fully saturated rings. The van der Waals surface area contributed by atoms with Gasteiger partial charge in [-0.3, -0.25) is 9.78 Å². The summed E-state index contributed by atoms with van der Waals surface area (Å²) in [6.07, 6.45) is -0.349. The van der Waals surface area contributed by atoms with Gasteiger partial charge in [0.1, 0.15) is 11.4 Å². The third-order valence-electron chi connectivity index (χ3n) is 4.59. The van der Waals surface area contributed by atoms with Crippen LogP contribution in [0.3, 0.4) is 0 Å². The topological polar surface area (TPSA) is 101 Å². The number of ether oxygens (including phenoxy) is 1. The third-order valence-corrected chi connectivity index (χ3v) is 4.59. The zero-order valence-electron chi connectivity index (χ0n) is 20.1. The Morgan fingerprint density at radius 2 is 1.73 bits per heavy atom. The molecule has 0 saturated heterocycles. The number of pyridine rings is 1. The number of rotatable bonds is 7. The lowest BCUT2D eigenvalue weighted by molar-refractivity contribution is 0.0420. The maximum absolute atomic E-state index is 14.3. The first-order chi connectivity index (χ1) is 15.2. The molecular weight excluding hydrogens is 425 g/mol. The molecule has 2 aromatic rings. The molecule has 0 radical (unpaired) electrons. The molecule has 0 saturated carbocycles. The van der Waals surface area contributed by atoms with E-state index in [0.29, 0.717) is 16.8 Å². The zero-order chi connectivity index (χ0) is 24.8. The van der Waals surface area contributed by atoms with Gasteiger partial charge in [0.2, 0.25) is 0 Å². The molecule has 2 amide bonds. The van der Waals surface area contributed by atoms with Gasteiger partial charge in [0.15, 0.2) is 0 Å². The summed E-state index contributed by atoms with van der Waals surface area (Å²) in [5, 5.41) is 16.6. The van der Waals surface area contributed by atoms with E-state index in [2.05, 4.69) is 15.6 Å². The van der Waals surface area contributed by atoms with E-state index in [9.17, 15) is 19.1 Å². The lowest BCUT2D eigenvalue weighted by atomic mass is 9.96. The van der Waals surface area contributed by atoms with Gasteiger partial charge in [-0.1, -0.05) is 18.2 Å². The second-order valence-electron chi connectivity index (χ2n) is 10.0. The molecular formula is C25H34FN3O4. The van der Waals surface area contributed by atoms with Crippen LogP contribution in [0.5, 0.6) is 0 Å². The van der Waals surface area contributed by atoms with Gasteiger partial charge in [-0.05, 0) is 71.7 Å². The highest BCUT2D eigenvalue weighted by Gasteiger charge is 2.28. The van der Waals surface area contributed by atoms with Gasteiger partial charge in [0.25, 0.3) is 5.91 Å². The van der Waals surface area contributed by atoms with Gasteiger partial charge >= 0.3 is 6.09 Å². The summed E-state index contributed by atoms with van der Waals surface area (Å²) >= 11 is 0. The number of nitrogens with one attached hydrogen (secondary N) is 2. The summed E-state index contributed by atoms with van der Waals surface area (Å²) in [4.78, 5) is 29.4. The third kappa shape index (κ3) is 8.81. The monoisotopic (exact) mass is 459 g/mol. The van der Waals surface area contributed by atoms with Crippen LogP contribution < -0.4 is 10.6 Å². The molecule has 2 rings (SSSR count). The number of carbonyl (C=O) groups is 2. The average Bonchev–Trinajstić information content (AvgIpc) is 2.66. The molecule has 180 valence electrons. The molecule has 0 aliphatic carbocycles. The number of nitrogens with zero attached hydrogens (tertiary/aromatic N) is 1. The minimum absolute atomic E-state index is 0.0251. The van der Waals surface area contributed by atoms with E-state index in [1.165, 1.54) is 12.3 Å². The number of aromatic nitrogens is 1. The number of amides is 2. The second-order valence-corrected chi connectivity index (χ2v) is 10.0. The van der Waals surface area contributed by atoms with E-state index < -0.39 is 35.2 Å². The molecule has 1 aromatic carbocycles. The Labute approximate surface area is 194 Å². The highest BCUT2D eigenvalue weighted by molar-refractivity contribution is 5.95. The van der Waals surface area contributed by atoms with Gasteiger partial charge in [-0.25, -0.2) is 9.18 Å². The van der Waals surface area contributed by atoms with Crippen LogP contribution in [0.25, 0.3) is 0 Å². The van der Waals surface area contributed by atoms with Crippen molar-refractivity contribution in [2.24, 2.45) is 0 Å². The standard InChI is InChI=1S/C25H34FN3O4/c1-24(2,3)29-22(31)17-11-9-13-27-19(17)15-21(30)20(28-23(32)33-25(4,5)6)14-16-10-7-8-12-18(16)26/h7-13,20-21,30H,14-15H2,1-6H3,(H,28,32)(H,29,31)/t20-,21-/m1/s1. The van der Waals surface area contributed by atoms with E-state index in [1.54, 1.807) is 51.1 Å². The average molecular weight is 460 g/mol. The molecule has 1 aromatic heterocycles. The fraction of sp³-hybridized carbons (Fsp3) is 0.480. The number of carbonyl (C=O) groups excluding carboxylic acids is 2. The molecule has 2 atom stereocenters. The van der Waals surface area contributed by atoms with Gasteiger partial charge in [0.05, 0.1) is 23.4 Å². The van der Waals surface area contributed by atoms with Crippen molar-refractivity contribution in [3.63, 3.8) is 0 Å². The van der Waals surface area contributed by atoms with E-state index in [0.717, 1.165) is 0 Å². The summed E-state index contributed by atoms with van der Waals surface area (Å²) in [6, 6.07) is 8.56. The summed E-state index contributed by atoms with van der Waals surface area (Å²) in [6.45, 7) is 10.8. The maximum atomic E-state index is 14.3. The maximum Gasteiger partial charge on any atom is 0.407 e. The highest BCUT2D eigenvalue weighted by atomic mass is 19.1. The van der Waals surface area contributed by atoms with Crippen LogP contribution in [0.15, 0.2) is 42.6 Å². The Bertz CT molecular complexity index is 967. The molecule has 0 aliphatic heterocycles. The fourth-order valence-corrected chi connectivity index (χ4v) is 3.20. The van der Waals surface area contributed by atoms with Crippen LogP contribution in [0.4, 0.5) is 9.18 Å².